The van der Waals surface area contributed by atoms with Crippen LogP contribution in [0.2, 0.25) is 0 Å². The van der Waals surface area contributed by atoms with Gasteiger partial charge >= 0.3 is 0 Å². The van der Waals surface area contributed by atoms with Crippen LogP contribution < -0.4 is 11.1 Å². The average Bonchev–Trinajstić information content (AvgIpc) is 2.60. The molecule has 1 aromatic carbocycles. The molecule has 25 heavy (non-hydrogen) atoms. The standard InChI is InChI=1S/C21H32N2O2/c1-5-25-18-13-21(22,20(18,3)4)19(24)23-14(2)16-11-10-15-8-6-7-9-17(15)12-16/h10-12,14,18H,5-9,13,22H2,1-4H3,(H,23,24). The summed E-state index contributed by atoms with van der Waals surface area (Å²) in [6.07, 6.45) is 5.49. The number of aryl methyl sites for hydroxylation is 2. The lowest BCUT2D eigenvalue weighted by Gasteiger charge is -2.57. The zero-order chi connectivity index (χ0) is 18.2. The second-order valence-electron chi connectivity index (χ2n) is 8.27. The molecule has 2 aliphatic rings. The Balaban J connectivity index is 1.69. The van der Waals surface area contributed by atoms with E-state index in [1.54, 1.807) is 0 Å². The van der Waals surface area contributed by atoms with E-state index in [0.717, 1.165) is 12.0 Å². The van der Waals surface area contributed by atoms with Crippen LogP contribution >= 0.6 is 0 Å². The van der Waals surface area contributed by atoms with Crippen molar-refractivity contribution >= 4 is 5.91 Å². The fourth-order valence-electron chi connectivity index (χ4n) is 4.25. The van der Waals surface area contributed by atoms with Gasteiger partial charge in [-0.1, -0.05) is 32.0 Å². The van der Waals surface area contributed by atoms with E-state index in [-0.39, 0.29) is 23.5 Å². The second-order valence-corrected chi connectivity index (χ2v) is 8.27. The molecule has 3 atom stereocenters. The van der Waals surface area contributed by atoms with Gasteiger partial charge in [0, 0.05) is 18.4 Å². The Bertz CT molecular complexity index is 655. The van der Waals surface area contributed by atoms with Crippen molar-refractivity contribution in [2.45, 2.75) is 77.5 Å². The van der Waals surface area contributed by atoms with Gasteiger partial charge in [-0.15, -0.1) is 0 Å². The van der Waals surface area contributed by atoms with E-state index in [9.17, 15) is 4.79 Å². The van der Waals surface area contributed by atoms with Crippen LogP contribution in [0.1, 0.15) is 69.7 Å². The highest BCUT2D eigenvalue weighted by Gasteiger charge is 2.62. The van der Waals surface area contributed by atoms with Gasteiger partial charge in [-0.05, 0) is 56.2 Å². The first-order chi connectivity index (χ1) is 11.8. The van der Waals surface area contributed by atoms with Crippen molar-refractivity contribution in [3.05, 3.63) is 34.9 Å². The first-order valence-electron chi connectivity index (χ1n) is 9.62. The Kier molecular flexibility index (Phi) is 4.95. The number of amides is 1. The fourth-order valence-corrected chi connectivity index (χ4v) is 4.25. The predicted octanol–water partition coefficient (Wildman–Crippen LogP) is 3.28. The number of hydrogen-bond acceptors (Lipinski definition) is 3. The number of carbonyl (C=O) groups is 1. The molecule has 138 valence electrons. The zero-order valence-electron chi connectivity index (χ0n) is 16.0. The smallest absolute Gasteiger partial charge is 0.241 e. The van der Waals surface area contributed by atoms with Crippen LogP contribution in [-0.2, 0) is 22.4 Å². The van der Waals surface area contributed by atoms with E-state index < -0.39 is 5.54 Å². The molecule has 1 saturated carbocycles. The Morgan fingerprint density at radius 3 is 2.64 bits per heavy atom. The Hall–Kier alpha value is -1.39. The number of rotatable bonds is 5. The molecule has 1 aromatic rings. The molecular weight excluding hydrogens is 312 g/mol. The van der Waals surface area contributed by atoms with Crippen molar-refractivity contribution in [3.63, 3.8) is 0 Å². The maximum Gasteiger partial charge on any atom is 0.241 e. The van der Waals surface area contributed by atoms with E-state index in [4.69, 9.17) is 10.5 Å². The van der Waals surface area contributed by atoms with Gasteiger partial charge < -0.3 is 15.8 Å². The van der Waals surface area contributed by atoms with Crippen LogP contribution in [0.5, 0.6) is 0 Å². The molecule has 3 rings (SSSR count). The van der Waals surface area contributed by atoms with E-state index in [1.165, 1.54) is 30.4 Å². The molecule has 0 radical (unpaired) electrons. The molecule has 1 fully saturated rings. The molecule has 3 unspecified atom stereocenters. The van der Waals surface area contributed by atoms with Gasteiger partial charge in [-0.2, -0.15) is 0 Å². The van der Waals surface area contributed by atoms with E-state index in [1.807, 2.05) is 27.7 Å². The van der Waals surface area contributed by atoms with Crippen molar-refractivity contribution in [2.24, 2.45) is 11.1 Å². The zero-order valence-corrected chi connectivity index (χ0v) is 16.0. The molecule has 0 saturated heterocycles. The molecule has 0 aliphatic heterocycles. The first-order valence-corrected chi connectivity index (χ1v) is 9.62. The maximum absolute atomic E-state index is 12.9. The summed E-state index contributed by atoms with van der Waals surface area (Å²) in [7, 11) is 0. The third-order valence-electron chi connectivity index (χ3n) is 6.46. The largest absolute Gasteiger partial charge is 0.378 e. The Morgan fingerprint density at radius 1 is 1.32 bits per heavy atom. The van der Waals surface area contributed by atoms with Gasteiger partial charge in [0.15, 0.2) is 0 Å². The van der Waals surface area contributed by atoms with Crippen molar-refractivity contribution in [1.29, 1.82) is 0 Å². The number of hydrogen-bond donors (Lipinski definition) is 2. The molecule has 4 heteroatoms. The summed E-state index contributed by atoms with van der Waals surface area (Å²) in [5.41, 5.74) is 9.33. The van der Waals surface area contributed by atoms with Crippen LogP contribution in [-0.4, -0.2) is 24.2 Å². The monoisotopic (exact) mass is 344 g/mol. The first kappa shape index (κ1) is 18.4. The number of nitrogens with one attached hydrogen (secondary N) is 1. The third-order valence-corrected chi connectivity index (χ3v) is 6.46. The van der Waals surface area contributed by atoms with Gasteiger partial charge in [-0.3, -0.25) is 4.79 Å². The van der Waals surface area contributed by atoms with Crippen LogP contribution in [0.15, 0.2) is 18.2 Å². The summed E-state index contributed by atoms with van der Waals surface area (Å²) in [5.74, 6) is -0.0707. The summed E-state index contributed by atoms with van der Waals surface area (Å²) >= 11 is 0. The van der Waals surface area contributed by atoms with Gasteiger partial charge in [0.1, 0.15) is 5.54 Å². The van der Waals surface area contributed by atoms with Crippen molar-refractivity contribution in [3.8, 4) is 0 Å². The highest BCUT2D eigenvalue weighted by molar-refractivity contribution is 5.89. The van der Waals surface area contributed by atoms with Gasteiger partial charge in [0.05, 0.1) is 12.1 Å². The normalized spacial score (nSPS) is 28.6. The van der Waals surface area contributed by atoms with Crippen molar-refractivity contribution in [2.75, 3.05) is 6.61 Å². The molecule has 0 bridgehead atoms. The molecule has 3 N–H and O–H groups in total. The van der Waals surface area contributed by atoms with Gasteiger partial charge in [0.2, 0.25) is 5.91 Å². The summed E-state index contributed by atoms with van der Waals surface area (Å²) in [6, 6.07) is 6.59. The minimum absolute atomic E-state index is 0.0397. The summed E-state index contributed by atoms with van der Waals surface area (Å²) in [6.45, 7) is 8.72. The van der Waals surface area contributed by atoms with Crippen LogP contribution in [0.25, 0.3) is 0 Å². The van der Waals surface area contributed by atoms with Gasteiger partial charge in [-0.25, -0.2) is 0 Å². The molecule has 4 nitrogen and oxygen atoms in total. The molecule has 1 amide bonds. The number of nitrogens with two attached hydrogens (primary N) is 1. The Morgan fingerprint density at radius 2 is 2.00 bits per heavy atom. The third kappa shape index (κ3) is 3.11. The maximum atomic E-state index is 12.9. The quantitative estimate of drug-likeness (QED) is 0.861. The summed E-state index contributed by atoms with van der Waals surface area (Å²) in [5, 5.41) is 3.14. The van der Waals surface area contributed by atoms with Crippen molar-refractivity contribution in [1.82, 2.24) is 5.32 Å². The van der Waals surface area contributed by atoms with Crippen LogP contribution in [0.3, 0.4) is 0 Å². The highest BCUT2D eigenvalue weighted by Crippen LogP contribution is 2.50. The van der Waals surface area contributed by atoms with Crippen LogP contribution in [0.4, 0.5) is 0 Å². The minimum atomic E-state index is -0.866. The predicted molar refractivity (Wildman–Crippen MR) is 100 cm³/mol. The second kappa shape index (κ2) is 6.73. The molecule has 0 spiro atoms. The summed E-state index contributed by atoms with van der Waals surface area (Å²) < 4.78 is 5.73. The van der Waals surface area contributed by atoms with Crippen molar-refractivity contribution < 1.29 is 9.53 Å². The number of fused-ring (bicyclic) bond motifs is 1. The van der Waals surface area contributed by atoms with E-state index in [0.29, 0.717) is 13.0 Å². The lowest BCUT2D eigenvalue weighted by molar-refractivity contribution is -0.171. The molecule has 0 aromatic heterocycles. The topological polar surface area (TPSA) is 64.3 Å². The molecular formula is C21H32N2O2. The lowest BCUT2D eigenvalue weighted by Crippen LogP contribution is -2.75. The SMILES string of the molecule is CCOC1CC(N)(C(=O)NC(C)c2ccc3c(c2)CCCC3)C1(C)C. The number of carbonyl (C=O) groups excluding carboxylic acids is 1. The summed E-state index contributed by atoms with van der Waals surface area (Å²) in [4.78, 5) is 12.9. The van der Waals surface area contributed by atoms with Gasteiger partial charge in [0.25, 0.3) is 0 Å². The molecule has 0 heterocycles. The number of benzene rings is 1. The molecule has 2 aliphatic carbocycles. The minimum Gasteiger partial charge on any atom is -0.378 e. The van der Waals surface area contributed by atoms with Crippen LogP contribution in [0, 0.1) is 5.41 Å². The highest BCUT2D eigenvalue weighted by atomic mass is 16.5. The van der Waals surface area contributed by atoms with E-state index in [2.05, 4.69) is 23.5 Å². The fraction of sp³-hybridized carbons (Fsp3) is 0.667. The lowest BCUT2D eigenvalue weighted by atomic mass is 9.54. The average molecular weight is 344 g/mol. The Labute approximate surface area is 151 Å². The number of ether oxygens (including phenoxy) is 1. The van der Waals surface area contributed by atoms with E-state index >= 15 is 0 Å².